The maximum atomic E-state index is 12.4. The Hall–Kier alpha value is -2.11. The lowest BCUT2D eigenvalue weighted by Crippen LogP contribution is -2.62. The molecule has 2 aliphatic rings. The van der Waals surface area contributed by atoms with Crippen molar-refractivity contribution >= 4 is 11.6 Å². The van der Waals surface area contributed by atoms with Crippen LogP contribution in [-0.4, -0.2) is 57.7 Å². The number of non-ortho nitro benzene ring substituents is 1. The highest BCUT2D eigenvalue weighted by Crippen LogP contribution is 2.41. The summed E-state index contributed by atoms with van der Waals surface area (Å²) in [5.41, 5.74) is -2.09. The van der Waals surface area contributed by atoms with Crippen molar-refractivity contribution in [2.75, 3.05) is 6.61 Å². The zero-order chi connectivity index (χ0) is 18.4. The first-order valence-corrected chi connectivity index (χ1v) is 7.57. The summed E-state index contributed by atoms with van der Waals surface area (Å²) in [4.78, 5) is 22.5. The van der Waals surface area contributed by atoms with Crippen LogP contribution in [0.3, 0.4) is 0 Å². The molecule has 10 heteroatoms. The summed E-state index contributed by atoms with van der Waals surface area (Å²) in [6.45, 7) is 2.68. The van der Waals surface area contributed by atoms with Gasteiger partial charge in [-0.25, -0.2) is 0 Å². The lowest BCUT2D eigenvalue weighted by atomic mass is 10.0. The molecule has 1 aromatic carbocycles. The number of fused-ring (bicyclic) bond motifs is 1. The topological polar surface area (TPSA) is 140 Å². The summed E-state index contributed by atoms with van der Waals surface area (Å²) in [7, 11) is 0. The predicted molar refractivity (Wildman–Crippen MR) is 81.3 cm³/mol. The normalized spacial score (nSPS) is 33.0. The van der Waals surface area contributed by atoms with Gasteiger partial charge in [0, 0.05) is 17.7 Å². The van der Waals surface area contributed by atoms with Gasteiger partial charge in [-0.05, 0) is 26.0 Å². The minimum absolute atomic E-state index is 0.0948. The Bertz CT molecular complexity index is 691. The fraction of sp³-hybridized carbons (Fsp3) is 0.533. The van der Waals surface area contributed by atoms with E-state index in [-0.39, 0.29) is 11.3 Å². The van der Waals surface area contributed by atoms with Crippen molar-refractivity contribution in [3.8, 4) is 0 Å². The molecule has 0 radical (unpaired) electrons. The number of hydrogen-bond acceptors (Lipinski definition) is 8. The molecule has 136 valence electrons. The summed E-state index contributed by atoms with van der Waals surface area (Å²) >= 11 is 0. The highest BCUT2D eigenvalue weighted by molar-refractivity contribution is 5.94. The average Bonchev–Trinajstić information content (AvgIpc) is 2.98. The van der Waals surface area contributed by atoms with Crippen LogP contribution in [0.2, 0.25) is 0 Å². The highest BCUT2D eigenvalue weighted by atomic mass is 16.8. The molecule has 2 fully saturated rings. The van der Waals surface area contributed by atoms with Crippen molar-refractivity contribution < 1.29 is 34.1 Å². The van der Waals surface area contributed by atoms with Crippen molar-refractivity contribution in [1.29, 1.82) is 0 Å². The molecule has 1 amide bonds. The van der Waals surface area contributed by atoms with E-state index in [1.165, 1.54) is 24.3 Å². The molecule has 25 heavy (non-hydrogen) atoms. The second-order valence-electron chi connectivity index (χ2n) is 6.32. The molecule has 3 rings (SSSR count). The Kier molecular flexibility index (Phi) is 4.25. The average molecular weight is 354 g/mol. The maximum absolute atomic E-state index is 12.4. The lowest BCUT2D eigenvalue weighted by molar-refractivity contribution is -0.384. The minimum atomic E-state index is -2.02. The van der Waals surface area contributed by atoms with Crippen molar-refractivity contribution in [2.45, 2.75) is 43.9 Å². The molecule has 3 N–H and O–H groups in total. The van der Waals surface area contributed by atoms with Gasteiger partial charge in [0.05, 0.1) is 11.5 Å². The fourth-order valence-electron chi connectivity index (χ4n) is 2.90. The van der Waals surface area contributed by atoms with Gasteiger partial charge in [-0.2, -0.15) is 0 Å². The van der Waals surface area contributed by atoms with Crippen molar-refractivity contribution in [3.05, 3.63) is 39.9 Å². The molecule has 4 atom stereocenters. The Balaban J connectivity index is 1.81. The van der Waals surface area contributed by atoms with Gasteiger partial charge in [0.1, 0.15) is 6.10 Å². The van der Waals surface area contributed by atoms with Crippen LogP contribution in [0.4, 0.5) is 5.69 Å². The molecular weight excluding hydrogens is 336 g/mol. The monoisotopic (exact) mass is 354 g/mol. The first-order chi connectivity index (χ1) is 11.7. The zero-order valence-corrected chi connectivity index (χ0v) is 13.5. The van der Waals surface area contributed by atoms with Gasteiger partial charge in [-0.15, -0.1) is 0 Å². The van der Waals surface area contributed by atoms with E-state index in [9.17, 15) is 25.1 Å². The SMILES string of the molecule is CC1(C)OC2O[C@H](CO)[C@](O)(NC(=O)c3ccc([N+](=O)[O-])cc3)[C@H]2O1. The van der Waals surface area contributed by atoms with E-state index in [2.05, 4.69) is 5.32 Å². The van der Waals surface area contributed by atoms with Gasteiger partial charge in [0.15, 0.2) is 23.9 Å². The highest BCUT2D eigenvalue weighted by Gasteiger charge is 2.63. The number of nitrogens with zero attached hydrogens (tertiary/aromatic N) is 1. The summed E-state index contributed by atoms with van der Waals surface area (Å²) in [5, 5.41) is 33.4. The van der Waals surface area contributed by atoms with Crippen LogP contribution >= 0.6 is 0 Å². The van der Waals surface area contributed by atoms with Crippen LogP contribution in [0.15, 0.2) is 24.3 Å². The Morgan fingerprint density at radius 2 is 1.96 bits per heavy atom. The van der Waals surface area contributed by atoms with Crippen molar-refractivity contribution in [2.24, 2.45) is 0 Å². The first-order valence-electron chi connectivity index (χ1n) is 7.57. The predicted octanol–water partition coefficient (Wildman–Crippen LogP) is -0.118. The number of benzene rings is 1. The van der Waals surface area contributed by atoms with E-state index in [0.717, 1.165) is 0 Å². The van der Waals surface area contributed by atoms with E-state index in [1.807, 2.05) is 0 Å². The zero-order valence-electron chi connectivity index (χ0n) is 13.5. The van der Waals surface area contributed by atoms with Crippen LogP contribution < -0.4 is 5.32 Å². The van der Waals surface area contributed by atoms with Crippen molar-refractivity contribution in [1.82, 2.24) is 5.32 Å². The summed E-state index contributed by atoms with van der Waals surface area (Å²) in [5.74, 6) is -1.73. The number of carbonyl (C=O) groups excluding carboxylic acids is 1. The first kappa shape index (κ1) is 17.7. The van der Waals surface area contributed by atoms with E-state index < -0.39 is 47.4 Å². The number of aliphatic hydroxyl groups excluding tert-OH is 1. The number of nitro benzene ring substituents is 1. The second kappa shape index (κ2) is 6.00. The van der Waals surface area contributed by atoms with Gasteiger partial charge < -0.3 is 29.7 Å². The third-order valence-corrected chi connectivity index (χ3v) is 4.10. The Morgan fingerprint density at radius 3 is 2.52 bits per heavy atom. The van der Waals surface area contributed by atoms with E-state index in [1.54, 1.807) is 13.8 Å². The summed E-state index contributed by atoms with van der Waals surface area (Å²) in [6, 6.07) is 4.87. The molecule has 1 aromatic rings. The largest absolute Gasteiger partial charge is 0.393 e. The number of nitrogens with one attached hydrogen (secondary N) is 1. The van der Waals surface area contributed by atoms with Gasteiger partial charge in [-0.3, -0.25) is 14.9 Å². The molecule has 0 bridgehead atoms. The lowest BCUT2D eigenvalue weighted by Gasteiger charge is -2.33. The molecule has 2 heterocycles. The van der Waals surface area contributed by atoms with Crippen LogP contribution in [-0.2, 0) is 14.2 Å². The number of ether oxygens (including phenoxy) is 3. The van der Waals surface area contributed by atoms with Gasteiger partial charge in [-0.1, -0.05) is 0 Å². The van der Waals surface area contributed by atoms with Crippen LogP contribution in [0.25, 0.3) is 0 Å². The molecule has 0 aliphatic carbocycles. The van der Waals surface area contributed by atoms with Crippen LogP contribution in [0.1, 0.15) is 24.2 Å². The molecule has 1 unspecified atom stereocenters. The van der Waals surface area contributed by atoms with Crippen LogP contribution in [0.5, 0.6) is 0 Å². The fourth-order valence-corrected chi connectivity index (χ4v) is 2.90. The number of hydrogen-bond donors (Lipinski definition) is 3. The molecule has 0 saturated carbocycles. The standard InChI is InChI=1S/C15H18N2O8/c1-14(2)24-11-13(25-14)23-10(7-18)15(11,20)16-12(19)8-3-5-9(6-4-8)17(21)22/h3-6,10-11,13,18,20H,7H2,1-2H3,(H,16,19)/t10-,11+,13?,15-/m1/s1. The smallest absolute Gasteiger partial charge is 0.269 e. The minimum Gasteiger partial charge on any atom is -0.393 e. The molecule has 2 saturated heterocycles. The third-order valence-electron chi connectivity index (χ3n) is 4.10. The Morgan fingerprint density at radius 1 is 1.32 bits per heavy atom. The molecule has 0 aromatic heterocycles. The molecule has 0 spiro atoms. The number of carbonyl (C=O) groups is 1. The molecular formula is C15H18N2O8. The summed E-state index contributed by atoms with van der Waals surface area (Å²) < 4.78 is 16.5. The van der Waals surface area contributed by atoms with Gasteiger partial charge >= 0.3 is 0 Å². The molecule has 10 nitrogen and oxygen atoms in total. The van der Waals surface area contributed by atoms with E-state index in [0.29, 0.717) is 0 Å². The van der Waals surface area contributed by atoms with Gasteiger partial charge in [0.25, 0.3) is 11.6 Å². The van der Waals surface area contributed by atoms with Crippen LogP contribution in [0, 0.1) is 10.1 Å². The number of nitro groups is 1. The Labute approximate surface area is 142 Å². The van der Waals surface area contributed by atoms with Crippen molar-refractivity contribution in [3.63, 3.8) is 0 Å². The van der Waals surface area contributed by atoms with Gasteiger partial charge in [0.2, 0.25) is 0 Å². The number of rotatable bonds is 4. The quantitative estimate of drug-likeness (QED) is 0.386. The molecule has 2 aliphatic heterocycles. The number of amides is 1. The maximum Gasteiger partial charge on any atom is 0.269 e. The van der Waals surface area contributed by atoms with E-state index >= 15 is 0 Å². The summed E-state index contributed by atoms with van der Waals surface area (Å²) in [6.07, 6.45) is -3.14. The number of aliphatic hydroxyl groups is 2. The third kappa shape index (κ3) is 3.10. The van der Waals surface area contributed by atoms with E-state index in [4.69, 9.17) is 14.2 Å². The second-order valence-corrected chi connectivity index (χ2v) is 6.32.